The minimum atomic E-state index is -0.715. The van der Waals surface area contributed by atoms with Crippen LogP contribution >= 0.6 is 12.4 Å². The third-order valence-electron chi connectivity index (χ3n) is 7.55. The molecule has 3 unspecified atom stereocenters. The van der Waals surface area contributed by atoms with Gasteiger partial charge >= 0.3 is 5.97 Å². The van der Waals surface area contributed by atoms with E-state index in [0.717, 1.165) is 30.8 Å². The summed E-state index contributed by atoms with van der Waals surface area (Å²) in [7, 11) is 0. The largest absolute Gasteiger partial charge is 0.480 e. The molecule has 4 nitrogen and oxygen atoms in total. The van der Waals surface area contributed by atoms with Gasteiger partial charge in [0.2, 0.25) is 0 Å². The van der Waals surface area contributed by atoms with Gasteiger partial charge in [-0.1, -0.05) is 48.9 Å². The highest BCUT2D eigenvalue weighted by Gasteiger charge is 2.47. The summed E-state index contributed by atoms with van der Waals surface area (Å²) in [5.41, 5.74) is 1.81. The molecule has 1 aromatic rings. The van der Waals surface area contributed by atoms with Crippen molar-refractivity contribution in [3.05, 3.63) is 48.0 Å². The molecule has 172 valence electrons. The number of carboxylic acid groups (broad SMARTS) is 1. The van der Waals surface area contributed by atoms with Crippen molar-refractivity contribution in [2.45, 2.75) is 95.4 Å². The van der Waals surface area contributed by atoms with E-state index in [-0.39, 0.29) is 18.4 Å². The number of allylic oxidation sites excluding steroid dienone is 1. The minimum absolute atomic E-state index is 0. The molecule has 1 aromatic carbocycles. The van der Waals surface area contributed by atoms with Crippen molar-refractivity contribution in [1.82, 2.24) is 10.2 Å². The number of benzene rings is 1. The highest BCUT2D eigenvalue weighted by molar-refractivity contribution is 5.85. The van der Waals surface area contributed by atoms with E-state index in [0.29, 0.717) is 17.5 Å². The quantitative estimate of drug-likeness (QED) is 0.636. The second-order valence-corrected chi connectivity index (χ2v) is 10.7. The summed E-state index contributed by atoms with van der Waals surface area (Å²) >= 11 is 0. The van der Waals surface area contributed by atoms with Gasteiger partial charge in [0.25, 0.3) is 0 Å². The summed E-state index contributed by atoms with van der Waals surface area (Å²) in [5, 5.41) is 11.7. The summed E-state index contributed by atoms with van der Waals surface area (Å²) in [6.07, 6.45) is 13.0. The Balaban J connectivity index is 0.000000194. The van der Waals surface area contributed by atoms with Gasteiger partial charge in [0.1, 0.15) is 6.04 Å². The van der Waals surface area contributed by atoms with Crippen molar-refractivity contribution >= 4 is 18.4 Å². The molecule has 5 rings (SSSR count). The van der Waals surface area contributed by atoms with E-state index in [4.69, 9.17) is 5.11 Å². The van der Waals surface area contributed by atoms with Crippen LogP contribution in [0.2, 0.25) is 0 Å². The van der Waals surface area contributed by atoms with E-state index in [1.807, 2.05) is 0 Å². The Kier molecular flexibility index (Phi) is 7.88. The molecular weight excluding hydrogens is 408 g/mol. The number of rotatable bonds is 3. The van der Waals surface area contributed by atoms with Crippen molar-refractivity contribution in [2.24, 2.45) is 11.8 Å². The van der Waals surface area contributed by atoms with Crippen molar-refractivity contribution < 1.29 is 9.90 Å². The van der Waals surface area contributed by atoms with Crippen LogP contribution in [0.4, 0.5) is 0 Å². The number of carbonyl (C=O) groups is 1. The lowest BCUT2D eigenvalue weighted by atomic mass is 9.97. The van der Waals surface area contributed by atoms with Gasteiger partial charge in [-0.15, -0.1) is 12.4 Å². The smallest absolute Gasteiger partial charge is 0.320 e. The van der Waals surface area contributed by atoms with Gasteiger partial charge in [-0.2, -0.15) is 0 Å². The maximum Gasteiger partial charge on any atom is 0.320 e. The van der Waals surface area contributed by atoms with Crippen LogP contribution in [0.25, 0.3) is 0 Å². The monoisotopic (exact) mass is 446 g/mol. The van der Waals surface area contributed by atoms with Crippen molar-refractivity contribution in [3.63, 3.8) is 0 Å². The van der Waals surface area contributed by atoms with Crippen molar-refractivity contribution in [2.75, 3.05) is 0 Å². The summed E-state index contributed by atoms with van der Waals surface area (Å²) in [5.74, 6) is 0.789. The van der Waals surface area contributed by atoms with Crippen LogP contribution in [0, 0.1) is 11.8 Å². The average molecular weight is 447 g/mol. The van der Waals surface area contributed by atoms with Gasteiger partial charge in [0.05, 0.1) is 0 Å². The van der Waals surface area contributed by atoms with Crippen LogP contribution < -0.4 is 5.32 Å². The van der Waals surface area contributed by atoms with Gasteiger partial charge in [0.15, 0.2) is 0 Å². The summed E-state index contributed by atoms with van der Waals surface area (Å²) in [6, 6.07) is 12.7. The number of nitrogens with one attached hydrogen (secondary N) is 1. The number of halogens is 1. The number of nitrogens with zero attached hydrogens (tertiary/aromatic N) is 1. The van der Waals surface area contributed by atoms with Crippen LogP contribution in [0.1, 0.15) is 64.9 Å². The molecule has 31 heavy (non-hydrogen) atoms. The Bertz CT molecular complexity index is 760. The fraction of sp³-hybridized carbons (Fsp3) is 0.654. The zero-order valence-electron chi connectivity index (χ0n) is 19.2. The topological polar surface area (TPSA) is 52.6 Å². The van der Waals surface area contributed by atoms with Gasteiger partial charge in [-0.25, -0.2) is 0 Å². The number of aliphatic carboxylic acids is 1. The van der Waals surface area contributed by atoms with E-state index in [1.54, 1.807) is 0 Å². The second-order valence-electron chi connectivity index (χ2n) is 10.7. The molecule has 2 N–H and O–H groups in total. The maximum absolute atomic E-state index is 10.5. The number of carboxylic acids is 1. The molecule has 0 bridgehead atoms. The zero-order chi connectivity index (χ0) is 21.3. The zero-order valence-corrected chi connectivity index (χ0v) is 20.0. The third-order valence-corrected chi connectivity index (χ3v) is 7.55. The fourth-order valence-electron chi connectivity index (χ4n) is 6.42. The Hall–Kier alpha value is -1.36. The summed E-state index contributed by atoms with van der Waals surface area (Å²) in [6.45, 7) is 7.18. The van der Waals surface area contributed by atoms with Crippen LogP contribution in [0.5, 0.6) is 0 Å². The number of hydrogen-bond donors (Lipinski definition) is 2. The molecule has 5 heteroatoms. The van der Waals surface area contributed by atoms with Gasteiger partial charge in [0, 0.05) is 23.7 Å². The molecule has 2 aliphatic carbocycles. The molecule has 0 amide bonds. The van der Waals surface area contributed by atoms with Crippen LogP contribution in [0.3, 0.4) is 0 Å². The van der Waals surface area contributed by atoms with E-state index >= 15 is 0 Å². The molecule has 3 fully saturated rings. The van der Waals surface area contributed by atoms with Gasteiger partial charge < -0.3 is 5.11 Å². The van der Waals surface area contributed by atoms with Gasteiger partial charge in [-0.3, -0.25) is 15.0 Å². The molecule has 0 aromatic heterocycles. The molecule has 2 aliphatic heterocycles. The van der Waals surface area contributed by atoms with Crippen molar-refractivity contribution in [1.29, 1.82) is 0 Å². The van der Waals surface area contributed by atoms with Crippen LogP contribution in [0.15, 0.2) is 42.5 Å². The van der Waals surface area contributed by atoms with Crippen LogP contribution in [-0.4, -0.2) is 45.7 Å². The Morgan fingerprint density at radius 3 is 2.52 bits per heavy atom. The van der Waals surface area contributed by atoms with Gasteiger partial charge in [-0.05, 0) is 76.7 Å². The Morgan fingerprint density at radius 2 is 1.87 bits per heavy atom. The molecule has 0 radical (unpaired) electrons. The fourth-order valence-corrected chi connectivity index (χ4v) is 6.42. The lowest BCUT2D eigenvalue weighted by molar-refractivity contribution is -0.139. The normalized spacial score (nSPS) is 33.9. The molecular formula is C26H39ClN2O2. The van der Waals surface area contributed by atoms with E-state index in [2.05, 4.69) is 73.5 Å². The van der Waals surface area contributed by atoms with E-state index in [1.165, 1.54) is 37.7 Å². The molecule has 4 aliphatic rings. The molecule has 2 heterocycles. The molecule has 2 saturated heterocycles. The molecule has 0 spiro atoms. The first-order valence-corrected chi connectivity index (χ1v) is 11.8. The standard InChI is InChI=1S/C18H27N.C8H11NO2.ClH/c1-18(2,3)19-16(12-14-8-5-4-6-9-14)13-15-10-7-11-17(15)19;10-8(11)7-4-5-2-1-3-6(5)9-7;/h4-6,8-9,15-17H,7,10-13H2,1-3H3;1,3,5-7,9H,2,4H2,(H,10,11);1H/t;5-,6+,7-;/m.0./s1. The lowest BCUT2D eigenvalue weighted by Crippen LogP contribution is -2.49. The number of fused-ring (bicyclic) bond motifs is 2. The second kappa shape index (κ2) is 10.1. The SMILES string of the molecule is CC(C)(C)N1C(Cc2ccccc2)CC2CCCC21.Cl.O=C(O)[C@@H]1C[C@@H]2CC=C[C@H]2N1. The first-order chi connectivity index (χ1) is 14.3. The van der Waals surface area contributed by atoms with Crippen molar-refractivity contribution in [3.8, 4) is 0 Å². The predicted octanol–water partition coefficient (Wildman–Crippen LogP) is 5.07. The Labute approximate surface area is 193 Å². The number of hydrogen-bond acceptors (Lipinski definition) is 3. The maximum atomic E-state index is 10.5. The Morgan fingerprint density at radius 1 is 1.13 bits per heavy atom. The van der Waals surface area contributed by atoms with Crippen LogP contribution in [-0.2, 0) is 11.2 Å². The molecule has 1 saturated carbocycles. The predicted molar refractivity (Wildman–Crippen MR) is 129 cm³/mol. The van der Waals surface area contributed by atoms with E-state index in [9.17, 15) is 4.79 Å². The first kappa shape index (κ1) is 24.3. The highest BCUT2D eigenvalue weighted by atomic mass is 35.5. The minimum Gasteiger partial charge on any atom is -0.480 e. The number of likely N-dealkylation sites (tertiary alicyclic amines) is 1. The third kappa shape index (κ3) is 5.53. The lowest BCUT2D eigenvalue weighted by Gasteiger charge is -2.41. The summed E-state index contributed by atoms with van der Waals surface area (Å²) < 4.78 is 0. The first-order valence-electron chi connectivity index (χ1n) is 11.8. The highest BCUT2D eigenvalue weighted by Crippen LogP contribution is 2.45. The average Bonchev–Trinajstić information content (AvgIpc) is 3.41. The van der Waals surface area contributed by atoms with E-state index < -0.39 is 5.97 Å². The molecule has 6 atom stereocenters. The summed E-state index contributed by atoms with van der Waals surface area (Å²) in [4.78, 5) is 13.4.